The Morgan fingerprint density at radius 2 is 2.36 bits per heavy atom. The second-order valence-corrected chi connectivity index (χ2v) is 4.02. The third-order valence-electron chi connectivity index (χ3n) is 2.54. The van der Waals surface area contributed by atoms with E-state index in [1.807, 2.05) is 13.8 Å². The van der Waals surface area contributed by atoms with Gasteiger partial charge < -0.3 is 14.8 Å². The maximum Gasteiger partial charge on any atom is 0.232 e. The molecule has 0 aliphatic carbocycles. The molecule has 1 fully saturated rings. The number of aromatic nitrogens is 2. The van der Waals surface area contributed by atoms with Crippen LogP contribution in [-0.4, -0.2) is 21.7 Å². The van der Waals surface area contributed by atoms with Gasteiger partial charge in [-0.3, -0.25) is 0 Å². The van der Waals surface area contributed by atoms with Crippen LogP contribution in [0.5, 0.6) is 5.88 Å². The smallest absolute Gasteiger partial charge is 0.232 e. The van der Waals surface area contributed by atoms with Gasteiger partial charge in [-0.1, -0.05) is 13.8 Å². The van der Waals surface area contributed by atoms with E-state index in [0.29, 0.717) is 0 Å². The predicted octanol–water partition coefficient (Wildman–Crippen LogP) is 2.09. The number of aromatic amines is 1. The number of H-pyrrole nitrogens is 1. The predicted molar refractivity (Wildman–Crippen MR) is 52.3 cm³/mol. The lowest BCUT2D eigenvalue weighted by Crippen LogP contribution is -1.98. The zero-order chi connectivity index (χ0) is 10.1. The highest BCUT2D eigenvalue weighted by Crippen LogP contribution is 2.30. The van der Waals surface area contributed by atoms with Crippen molar-refractivity contribution in [2.24, 2.45) is 0 Å². The Morgan fingerprint density at radius 3 is 2.86 bits per heavy atom. The van der Waals surface area contributed by atoms with Crippen molar-refractivity contribution >= 4 is 0 Å². The van der Waals surface area contributed by atoms with Crippen LogP contribution in [0.4, 0.5) is 0 Å². The fourth-order valence-corrected chi connectivity index (χ4v) is 1.74. The van der Waals surface area contributed by atoms with Crippen molar-refractivity contribution in [3.63, 3.8) is 0 Å². The average Bonchev–Trinajstić information content (AvgIpc) is 2.70. The summed E-state index contributed by atoms with van der Waals surface area (Å²) in [5.74, 6) is 1.15. The monoisotopic (exact) mass is 196 g/mol. The van der Waals surface area contributed by atoms with Crippen LogP contribution in [-0.2, 0) is 4.74 Å². The molecule has 1 unspecified atom stereocenters. The first-order valence-corrected chi connectivity index (χ1v) is 5.09. The summed E-state index contributed by atoms with van der Waals surface area (Å²) in [4.78, 5) is 7.23. The molecule has 0 bridgehead atoms. The van der Waals surface area contributed by atoms with Gasteiger partial charge in [-0.2, -0.15) is 4.98 Å². The van der Waals surface area contributed by atoms with Gasteiger partial charge in [0.2, 0.25) is 5.88 Å². The van der Waals surface area contributed by atoms with Crippen LogP contribution in [0.2, 0.25) is 0 Å². The van der Waals surface area contributed by atoms with Gasteiger partial charge in [0.15, 0.2) is 0 Å². The van der Waals surface area contributed by atoms with Crippen molar-refractivity contribution in [1.29, 1.82) is 0 Å². The second kappa shape index (κ2) is 3.61. The molecule has 0 amide bonds. The summed E-state index contributed by atoms with van der Waals surface area (Å²) in [5.41, 5.74) is 0.801. The Kier molecular flexibility index (Phi) is 2.46. The summed E-state index contributed by atoms with van der Waals surface area (Å²) in [6, 6.07) is 0. The number of aromatic hydroxyl groups is 1. The Bertz CT molecular complexity index is 314. The number of rotatable bonds is 2. The molecule has 2 heterocycles. The van der Waals surface area contributed by atoms with Gasteiger partial charge in [0.25, 0.3) is 0 Å². The minimum atomic E-state index is 0.0494. The van der Waals surface area contributed by atoms with E-state index in [4.69, 9.17) is 4.74 Å². The summed E-state index contributed by atoms with van der Waals surface area (Å²) in [5, 5.41) is 9.56. The molecular formula is C10H16N2O2. The lowest BCUT2D eigenvalue weighted by molar-refractivity contribution is 0.105. The Labute approximate surface area is 83.3 Å². The molecule has 1 aliphatic heterocycles. The van der Waals surface area contributed by atoms with Crippen molar-refractivity contribution < 1.29 is 9.84 Å². The minimum absolute atomic E-state index is 0.0494. The molecule has 0 spiro atoms. The highest BCUT2D eigenvalue weighted by Gasteiger charge is 2.23. The number of nitrogens with zero attached hydrogens (tertiary/aromatic N) is 1. The fraction of sp³-hybridized carbons (Fsp3) is 0.700. The van der Waals surface area contributed by atoms with E-state index in [1.165, 1.54) is 0 Å². The van der Waals surface area contributed by atoms with Gasteiger partial charge >= 0.3 is 0 Å². The third kappa shape index (κ3) is 1.62. The largest absolute Gasteiger partial charge is 0.492 e. The number of nitrogens with one attached hydrogen (secondary N) is 1. The highest BCUT2D eigenvalue weighted by atomic mass is 16.5. The average molecular weight is 196 g/mol. The molecule has 4 nitrogen and oxygen atoms in total. The maximum absolute atomic E-state index is 9.56. The summed E-state index contributed by atoms with van der Waals surface area (Å²) in [6.07, 6.45) is 2.11. The Morgan fingerprint density at radius 1 is 1.57 bits per heavy atom. The zero-order valence-electron chi connectivity index (χ0n) is 8.58. The fourth-order valence-electron chi connectivity index (χ4n) is 1.74. The number of ether oxygens (including phenoxy) is 1. The SMILES string of the molecule is CC(C)c1[nH]c(C2CCCO2)nc1O. The molecule has 0 saturated carbocycles. The van der Waals surface area contributed by atoms with Crippen LogP contribution in [0.1, 0.15) is 50.2 Å². The van der Waals surface area contributed by atoms with Gasteiger partial charge in [-0.15, -0.1) is 0 Å². The molecule has 1 atom stereocenters. The standard InChI is InChI=1S/C10H16N2O2/c1-6(2)8-10(13)12-9(11-8)7-4-3-5-14-7/h6-7,13H,3-5H2,1-2H3,(H,11,12). The first-order valence-electron chi connectivity index (χ1n) is 5.09. The molecule has 0 aromatic carbocycles. The van der Waals surface area contributed by atoms with Crippen molar-refractivity contribution in [1.82, 2.24) is 9.97 Å². The minimum Gasteiger partial charge on any atom is -0.492 e. The van der Waals surface area contributed by atoms with Crippen molar-refractivity contribution in [3.05, 3.63) is 11.5 Å². The molecule has 1 aromatic rings. The third-order valence-corrected chi connectivity index (χ3v) is 2.54. The van der Waals surface area contributed by atoms with E-state index in [2.05, 4.69) is 9.97 Å². The van der Waals surface area contributed by atoms with E-state index in [9.17, 15) is 5.11 Å². The van der Waals surface area contributed by atoms with Crippen molar-refractivity contribution in [2.75, 3.05) is 6.61 Å². The summed E-state index contributed by atoms with van der Waals surface area (Å²) in [7, 11) is 0. The van der Waals surface area contributed by atoms with E-state index in [0.717, 1.165) is 31.0 Å². The molecule has 1 aromatic heterocycles. The Hall–Kier alpha value is -1.03. The van der Waals surface area contributed by atoms with Gasteiger partial charge in [-0.25, -0.2) is 0 Å². The van der Waals surface area contributed by atoms with E-state index >= 15 is 0 Å². The van der Waals surface area contributed by atoms with Crippen LogP contribution in [0, 0.1) is 0 Å². The van der Waals surface area contributed by atoms with Crippen LogP contribution >= 0.6 is 0 Å². The van der Waals surface area contributed by atoms with E-state index in [-0.39, 0.29) is 17.9 Å². The number of hydrogen-bond acceptors (Lipinski definition) is 3. The lowest BCUT2D eigenvalue weighted by Gasteiger charge is -2.04. The van der Waals surface area contributed by atoms with Crippen LogP contribution in [0.25, 0.3) is 0 Å². The van der Waals surface area contributed by atoms with E-state index < -0.39 is 0 Å². The summed E-state index contributed by atoms with van der Waals surface area (Å²) in [6.45, 7) is 4.84. The van der Waals surface area contributed by atoms with Crippen LogP contribution < -0.4 is 0 Å². The zero-order valence-corrected chi connectivity index (χ0v) is 8.58. The lowest BCUT2D eigenvalue weighted by atomic mass is 10.1. The molecule has 2 rings (SSSR count). The van der Waals surface area contributed by atoms with E-state index in [1.54, 1.807) is 0 Å². The topological polar surface area (TPSA) is 58.1 Å². The van der Waals surface area contributed by atoms with Crippen LogP contribution in [0.15, 0.2) is 0 Å². The van der Waals surface area contributed by atoms with Crippen LogP contribution in [0.3, 0.4) is 0 Å². The molecule has 4 heteroatoms. The van der Waals surface area contributed by atoms with Crippen molar-refractivity contribution in [3.8, 4) is 5.88 Å². The molecule has 14 heavy (non-hydrogen) atoms. The molecule has 0 radical (unpaired) electrons. The van der Waals surface area contributed by atoms with Crippen molar-refractivity contribution in [2.45, 2.75) is 38.7 Å². The highest BCUT2D eigenvalue weighted by molar-refractivity contribution is 5.23. The molecule has 1 aliphatic rings. The quantitative estimate of drug-likeness (QED) is 0.761. The normalized spacial score (nSPS) is 22.1. The molecular weight excluding hydrogens is 180 g/mol. The first kappa shape index (κ1) is 9.52. The first-order chi connectivity index (χ1) is 6.68. The maximum atomic E-state index is 9.56. The number of imidazole rings is 1. The van der Waals surface area contributed by atoms with Gasteiger partial charge in [0.1, 0.15) is 11.9 Å². The Balaban J connectivity index is 2.22. The number of hydrogen-bond donors (Lipinski definition) is 2. The second-order valence-electron chi connectivity index (χ2n) is 4.02. The molecule has 1 saturated heterocycles. The summed E-state index contributed by atoms with van der Waals surface area (Å²) < 4.78 is 5.48. The summed E-state index contributed by atoms with van der Waals surface area (Å²) >= 11 is 0. The molecule has 78 valence electrons. The molecule has 2 N–H and O–H groups in total. The van der Waals surface area contributed by atoms with Gasteiger partial charge in [0.05, 0.1) is 5.69 Å². The van der Waals surface area contributed by atoms with Gasteiger partial charge in [0, 0.05) is 6.61 Å². The van der Waals surface area contributed by atoms with Gasteiger partial charge in [-0.05, 0) is 18.8 Å².